The summed E-state index contributed by atoms with van der Waals surface area (Å²) in [5.41, 5.74) is 1.53. The molecule has 2 nitrogen and oxygen atoms in total. The van der Waals surface area contributed by atoms with E-state index in [2.05, 4.69) is 39.1 Å². The molecule has 1 aromatic heterocycles. The molecular weight excluding hydrogens is 256 g/mol. The zero-order valence-corrected chi connectivity index (χ0v) is 13.1. The maximum atomic E-state index is 11.5. The van der Waals surface area contributed by atoms with E-state index in [1.165, 1.54) is 10.4 Å². The van der Waals surface area contributed by atoms with Crippen molar-refractivity contribution in [2.75, 3.05) is 0 Å². The third kappa shape index (κ3) is 3.02. The van der Waals surface area contributed by atoms with Crippen LogP contribution >= 0.6 is 11.3 Å². The van der Waals surface area contributed by atoms with Crippen LogP contribution in [0.25, 0.3) is 0 Å². The van der Waals surface area contributed by atoms with Crippen LogP contribution in [-0.4, -0.2) is 11.1 Å². The van der Waals surface area contributed by atoms with E-state index >= 15 is 0 Å². The maximum absolute atomic E-state index is 11.5. The molecule has 0 aromatic carbocycles. The molecule has 1 saturated carbocycles. The number of carboxylic acids is 1. The highest BCUT2D eigenvalue weighted by Crippen LogP contribution is 2.48. The van der Waals surface area contributed by atoms with E-state index < -0.39 is 5.97 Å². The van der Waals surface area contributed by atoms with Crippen LogP contribution in [0.4, 0.5) is 0 Å². The van der Waals surface area contributed by atoms with Crippen LogP contribution in [0.5, 0.6) is 0 Å². The minimum Gasteiger partial charge on any atom is -0.481 e. The highest BCUT2D eigenvalue weighted by atomic mass is 32.1. The summed E-state index contributed by atoms with van der Waals surface area (Å²) in [7, 11) is 0. The molecule has 0 aliphatic heterocycles. The molecular formula is C16H24O2S. The molecule has 3 unspecified atom stereocenters. The third-order valence-electron chi connectivity index (χ3n) is 4.63. The molecule has 1 fully saturated rings. The van der Waals surface area contributed by atoms with Crippen LogP contribution in [0, 0.1) is 24.2 Å². The lowest BCUT2D eigenvalue weighted by atomic mass is 9.65. The van der Waals surface area contributed by atoms with Crippen molar-refractivity contribution in [1.82, 2.24) is 0 Å². The van der Waals surface area contributed by atoms with Gasteiger partial charge in [0.05, 0.1) is 5.92 Å². The molecule has 0 spiro atoms. The Morgan fingerprint density at radius 1 is 1.37 bits per heavy atom. The van der Waals surface area contributed by atoms with Crippen molar-refractivity contribution in [3.8, 4) is 0 Å². The van der Waals surface area contributed by atoms with Gasteiger partial charge in [0, 0.05) is 10.8 Å². The number of hydrogen-bond donors (Lipinski definition) is 1. The molecule has 0 bridgehead atoms. The number of hydrogen-bond acceptors (Lipinski definition) is 2. The molecule has 19 heavy (non-hydrogen) atoms. The van der Waals surface area contributed by atoms with E-state index in [-0.39, 0.29) is 17.3 Å². The van der Waals surface area contributed by atoms with Crippen LogP contribution in [0.3, 0.4) is 0 Å². The van der Waals surface area contributed by atoms with Crippen molar-refractivity contribution in [2.24, 2.45) is 17.3 Å². The molecule has 1 aliphatic rings. The van der Waals surface area contributed by atoms with Gasteiger partial charge in [-0.15, -0.1) is 11.3 Å². The average Bonchev–Trinajstić information content (AvgIpc) is 2.73. The van der Waals surface area contributed by atoms with E-state index in [1.807, 2.05) is 0 Å². The first-order valence-electron chi connectivity index (χ1n) is 7.07. The Kier molecular flexibility index (Phi) is 4.05. The lowest BCUT2D eigenvalue weighted by Gasteiger charge is -2.40. The van der Waals surface area contributed by atoms with Gasteiger partial charge in [-0.05, 0) is 54.5 Å². The van der Waals surface area contributed by atoms with Crippen LogP contribution in [0.2, 0.25) is 0 Å². The van der Waals surface area contributed by atoms with Crippen molar-refractivity contribution in [3.63, 3.8) is 0 Å². The molecule has 0 amide bonds. The molecule has 1 aromatic rings. The monoisotopic (exact) mass is 280 g/mol. The van der Waals surface area contributed by atoms with E-state index in [4.69, 9.17) is 0 Å². The normalized spacial score (nSPS) is 28.3. The smallest absolute Gasteiger partial charge is 0.307 e. The Hall–Kier alpha value is -0.830. The number of aryl methyl sites for hydroxylation is 1. The van der Waals surface area contributed by atoms with Gasteiger partial charge in [0.2, 0.25) is 0 Å². The topological polar surface area (TPSA) is 37.3 Å². The summed E-state index contributed by atoms with van der Waals surface area (Å²) in [5, 5.41) is 11.6. The van der Waals surface area contributed by atoms with Crippen molar-refractivity contribution in [3.05, 3.63) is 21.9 Å². The van der Waals surface area contributed by atoms with E-state index in [0.29, 0.717) is 5.92 Å². The van der Waals surface area contributed by atoms with Gasteiger partial charge in [0.25, 0.3) is 0 Å². The Morgan fingerprint density at radius 3 is 2.53 bits per heavy atom. The van der Waals surface area contributed by atoms with Gasteiger partial charge in [-0.25, -0.2) is 0 Å². The maximum Gasteiger partial charge on any atom is 0.307 e. The lowest BCUT2D eigenvalue weighted by Crippen LogP contribution is -2.34. The molecule has 0 radical (unpaired) electrons. The standard InChI is InChI=1S/C16H24O2S/c1-10-7-8-19-14(10)13-9-11(16(2,3)4)5-6-12(13)15(17)18/h7-8,11-13H,5-6,9H2,1-4H3,(H,17,18). The summed E-state index contributed by atoms with van der Waals surface area (Å²) in [5.74, 6) is 0.00573. The van der Waals surface area contributed by atoms with Gasteiger partial charge < -0.3 is 5.11 Å². The SMILES string of the molecule is Cc1ccsc1C1CC(C(C)(C)C)CCC1C(=O)O. The van der Waals surface area contributed by atoms with Gasteiger partial charge in [-0.1, -0.05) is 20.8 Å². The highest BCUT2D eigenvalue weighted by molar-refractivity contribution is 7.10. The fraction of sp³-hybridized carbons (Fsp3) is 0.688. The Labute approximate surface area is 119 Å². The minimum atomic E-state index is -0.620. The van der Waals surface area contributed by atoms with E-state index in [1.54, 1.807) is 11.3 Å². The van der Waals surface area contributed by atoms with Crippen molar-refractivity contribution < 1.29 is 9.90 Å². The van der Waals surface area contributed by atoms with Crippen molar-refractivity contribution in [2.45, 2.75) is 52.9 Å². The van der Waals surface area contributed by atoms with Crippen molar-refractivity contribution in [1.29, 1.82) is 0 Å². The van der Waals surface area contributed by atoms with Gasteiger partial charge in [-0.3, -0.25) is 4.79 Å². The van der Waals surface area contributed by atoms with Gasteiger partial charge in [0.15, 0.2) is 0 Å². The van der Waals surface area contributed by atoms with Crippen LogP contribution in [0.15, 0.2) is 11.4 Å². The van der Waals surface area contributed by atoms with Gasteiger partial charge >= 0.3 is 5.97 Å². The first kappa shape index (κ1) is 14.6. The predicted octanol–water partition coefficient (Wildman–Crippen LogP) is 4.69. The zero-order valence-electron chi connectivity index (χ0n) is 12.3. The lowest BCUT2D eigenvalue weighted by molar-refractivity contribution is -0.144. The van der Waals surface area contributed by atoms with E-state index in [0.717, 1.165) is 19.3 Å². The molecule has 106 valence electrons. The second-order valence-electron chi connectivity index (χ2n) is 6.90. The number of aliphatic carboxylic acids is 1. The van der Waals surface area contributed by atoms with Crippen molar-refractivity contribution >= 4 is 17.3 Å². The van der Waals surface area contributed by atoms with Gasteiger partial charge in [0.1, 0.15) is 0 Å². The zero-order chi connectivity index (χ0) is 14.2. The molecule has 3 atom stereocenters. The first-order chi connectivity index (χ1) is 8.80. The average molecular weight is 280 g/mol. The first-order valence-corrected chi connectivity index (χ1v) is 7.95. The van der Waals surface area contributed by atoms with Gasteiger partial charge in [-0.2, -0.15) is 0 Å². The fourth-order valence-electron chi connectivity index (χ4n) is 3.31. The van der Waals surface area contributed by atoms with Crippen LogP contribution < -0.4 is 0 Å². The quantitative estimate of drug-likeness (QED) is 0.853. The predicted molar refractivity (Wildman–Crippen MR) is 79.7 cm³/mol. The molecule has 1 heterocycles. The Morgan fingerprint density at radius 2 is 2.05 bits per heavy atom. The van der Waals surface area contributed by atoms with Crippen LogP contribution in [-0.2, 0) is 4.79 Å². The number of thiophene rings is 1. The second-order valence-corrected chi connectivity index (χ2v) is 7.84. The highest BCUT2D eigenvalue weighted by Gasteiger charge is 2.40. The summed E-state index contributed by atoms with van der Waals surface area (Å²) < 4.78 is 0. The fourth-order valence-corrected chi connectivity index (χ4v) is 4.41. The second kappa shape index (κ2) is 5.28. The molecule has 0 saturated heterocycles. The number of carboxylic acid groups (broad SMARTS) is 1. The molecule has 1 aliphatic carbocycles. The Balaban J connectivity index is 2.28. The largest absolute Gasteiger partial charge is 0.481 e. The number of carbonyl (C=O) groups is 1. The third-order valence-corrected chi connectivity index (χ3v) is 5.78. The summed E-state index contributed by atoms with van der Waals surface area (Å²) in [4.78, 5) is 12.8. The summed E-state index contributed by atoms with van der Waals surface area (Å²) in [6.45, 7) is 8.93. The van der Waals surface area contributed by atoms with E-state index in [9.17, 15) is 9.90 Å². The number of rotatable bonds is 2. The molecule has 3 heteroatoms. The summed E-state index contributed by atoms with van der Waals surface area (Å²) in [6.07, 6.45) is 2.88. The molecule has 2 rings (SSSR count). The summed E-state index contributed by atoms with van der Waals surface area (Å²) >= 11 is 1.73. The minimum absolute atomic E-state index is 0.198. The molecule has 1 N–H and O–H groups in total. The summed E-state index contributed by atoms with van der Waals surface area (Å²) in [6, 6.07) is 2.11. The Bertz CT molecular complexity index is 456. The van der Waals surface area contributed by atoms with Crippen LogP contribution in [0.1, 0.15) is 56.4 Å².